The van der Waals surface area contributed by atoms with Gasteiger partial charge in [0.05, 0.1) is 0 Å². The zero-order valence-corrected chi connectivity index (χ0v) is 7.65. The first kappa shape index (κ1) is 10.5. The number of aliphatic carboxylic acids is 2. The predicted molar refractivity (Wildman–Crippen MR) is 48.6 cm³/mol. The summed E-state index contributed by atoms with van der Waals surface area (Å²) in [7, 11) is 0. The molecule has 0 aromatic rings. The lowest BCUT2D eigenvalue weighted by Gasteiger charge is -2.25. The van der Waals surface area contributed by atoms with Crippen LogP contribution in [-0.2, 0) is 9.59 Å². The van der Waals surface area contributed by atoms with Crippen LogP contribution in [0.4, 0.5) is 0 Å². The molecular weight excluding hydrogens is 186 g/mol. The second-order valence-corrected chi connectivity index (χ2v) is 3.39. The summed E-state index contributed by atoms with van der Waals surface area (Å²) < 4.78 is 0. The zero-order valence-electron chi connectivity index (χ0n) is 7.65. The summed E-state index contributed by atoms with van der Waals surface area (Å²) in [5.74, 6) is -2.35. The second-order valence-electron chi connectivity index (χ2n) is 3.39. The molecule has 4 N–H and O–H groups in total. The highest BCUT2D eigenvalue weighted by molar-refractivity contribution is 5.92. The summed E-state index contributed by atoms with van der Waals surface area (Å²) in [6, 6.07) is 0. The van der Waals surface area contributed by atoms with Gasteiger partial charge in [0.1, 0.15) is 5.54 Å². The number of hydrogen-bond donors (Lipinski definition) is 3. The Balaban J connectivity index is 3.08. The quantitative estimate of drug-likeness (QED) is 0.584. The minimum atomic E-state index is -1.59. The van der Waals surface area contributed by atoms with E-state index in [4.69, 9.17) is 15.9 Å². The average Bonchev–Trinajstić information content (AvgIpc) is 2.02. The molecule has 76 valence electrons. The van der Waals surface area contributed by atoms with Gasteiger partial charge in [-0.25, -0.2) is 9.59 Å². The summed E-state index contributed by atoms with van der Waals surface area (Å²) in [5.41, 5.74) is 4.53. The Morgan fingerprint density at radius 1 is 1.50 bits per heavy atom. The van der Waals surface area contributed by atoms with Crippen LogP contribution in [0.5, 0.6) is 0 Å². The van der Waals surface area contributed by atoms with E-state index >= 15 is 0 Å². The van der Waals surface area contributed by atoms with Gasteiger partial charge in [0.15, 0.2) is 0 Å². The Bertz CT molecular complexity index is 356. The van der Waals surface area contributed by atoms with Crippen LogP contribution in [0.15, 0.2) is 23.3 Å². The van der Waals surface area contributed by atoms with Gasteiger partial charge in [0, 0.05) is 12.0 Å². The van der Waals surface area contributed by atoms with Crippen LogP contribution in [0.25, 0.3) is 0 Å². The van der Waals surface area contributed by atoms with Crippen LogP contribution in [-0.4, -0.2) is 27.7 Å². The first-order chi connectivity index (χ1) is 6.35. The van der Waals surface area contributed by atoms with Crippen molar-refractivity contribution in [2.24, 2.45) is 5.73 Å². The lowest BCUT2D eigenvalue weighted by atomic mass is 9.85. The van der Waals surface area contributed by atoms with Crippen LogP contribution in [0.3, 0.4) is 0 Å². The molecule has 0 heterocycles. The number of rotatable bonds is 2. The Labute approximate surface area is 80.5 Å². The Kier molecular flexibility index (Phi) is 2.44. The molecule has 1 aliphatic carbocycles. The van der Waals surface area contributed by atoms with Crippen molar-refractivity contribution in [1.82, 2.24) is 0 Å². The van der Waals surface area contributed by atoms with Gasteiger partial charge in [-0.15, -0.1) is 0 Å². The number of carboxylic acids is 2. The minimum Gasteiger partial charge on any atom is -0.480 e. The predicted octanol–water partition coefficient (Wildman–Crippen LogP) is 0.129. The summed E-state index contributed by atoms with van der Waals surface area (Å²) in [5, 5.41) is 17.6. The van der Waals surface area contributed by atoms with Crippen LogP contribution in [0.1, 0.15) is 13.3 Å². The van der Waals surface area contributed by atoms with Crippen molar-refractivity contribution in [3.63, 3.8) is 0 Å². The number of nitrogens with two attached hydrogens (primary N) is 1. The van der Waals surface area contributed by atoms with Gasteiger partial charge in [0.25, 0.3) is 0 Å². The van der Waals surface area contributed by atoms with Crippen LogP contribution >= 0.6 is 0 Å². The molecule has 0 aliphatic heterocycles. The Morgan fingerprint density at radius 3 is 2.50 bits per heavy atom. The highest BCUT2D eigenvalue weighted by Gasteiger charge is 2.36. The van der Waals surface area contributed by atoms with Gasteiger partial charge in [-0.05, 0) is 13.0 Å². The second kappa shape index (κ2) is 3.26. The van der Waals surface area contributed by atoms with Crippen molar-refractivity contribution >= 4 is 11.9 Å². The van der Waals surface area contributed by atoms with E-state index in [-0.39, 0.29) is 12.0 Å². The molecule has 0 radical (unpaired) electrons. The third-order valence-corrected chi connectivity index (χ3v) is 2.04. The highest BCUT2D eigenvalue weighted by Crippen LogP contribution is 2.24. The highest BCUT2D eigenvalue weighted by atomic mass is 16.4. The van der Waals surface area contributed by atoms with Crippen LogP contribution in [0, 0.1) is 0 Å². The van der Waals surface area contributed by atoms with E-state index in [1.165, 1.54) is 12.2 Å². The fraction of sp³-hybridized carbons (Fsp3) is 0.333. The van der Waals surface area contributed by atoms with E-state index in [0.29, 0.717) is 5.57 Å². The molecule has 0 aromatic heterocycles. The van der Waals surface area contributed by atoms with Gasteiger partial charge < -0.3 is 15.9 Å². The molecule has 0 unspecified atom stereocenters. The third kappa shape index (κ3) is 1.82. The molecule has 0 spiro atoms. The fourth-order valence-corrected chi connectivity index (χ4v) is 1.41. The van der Waals surface area contributed by atoms with E-state index in [2.05, 4.69) is 0 Å². The zero-order chi connectivity index (χ0) is 10.9. The van der Waals surface area contributed by atoms with Gasteiger partial charge in [-0.2, -0.15) is 0 Å². The van der Waals surface area contributed by atoms with Crippen molar-refractivity contribution in [1.29, 1.82) is 0 Å². The SMILES string of the molecule is CC1=C[C@](N)(C(=O)O)CC(C(=O)O)=C1. The molecule has 1 atom stereocenters. The monoisotopic (exact) mass is 197 g/mol. The molecular formula is C9H11NO4. The number of hydrogen-bond acceptors (Lipinski definition) is 3. The largest absolute Gasteiger partial charge is 0.480 e. The summed E-state index contributed by atoms with van der Waals surface area (Å²) in [4.78, 5) is 21.5. The minimum absolute atomic E-state index is 0.0231. The van der Waals surface area contributed by atoms with Gasteiger partial charge in [-0.1, -0.05) is 11.6 Å². The molecule has 0 saturated carbocycles. The van der Waals surface area contributed by atoms with Gasteiger partial charge in [-0.3, -0.25) is 0 Å². The summed E-state index contributed by atoms with van der Waals surface area (Å²) in [6.07, 6.45) is 2.60. The normalized spacial score (nSPS) is 26.4. The Hall–Kier alpha value is -1.62. The number of allylic oxidation sites excluding steroid dienone is 2. The standard InChI is InChI=1S/C9H11NO4/c1-5-2-6(7(11)12)4-9(10,3-5)8(13)14/h2-3H,4,10H2,1H3,(H,11,12)(H,13,14)/t9-/m1/s1. The first-order valence-corrected chi connectivity index (χ1v) is 4.01. The van der Waals surface area contributed by atoms with Gasteiger partial charge in [0.2, 0.25) is 0 Å². The maximum absolute atomic E-state index is 10.8. The smallest absolute Gasteiger partial charge is 0.331 e. The average molecular weight is 197 g/mol. The molecule has 0 amide bonds. The van der Waals surface area contributed by atoms with Gasteiger partial charge >= 0.3 is 11.9 Å². The topological polar surface area (TPSA) is 101 Å². The molecule has 1 aliphatic rings. The van der Waals surface area contributed by atoms with Crippen molar-refractivity contribution in [3.8, 4) is 0 Å². The molecule has 0 bridgehead atoms. The van der Waals surface area contributed by atoms with E-state index < -0.39 is 17.5 Å². The van der Waals surface area contributed by atoms with E-state index in [1.807, 2.05) is 0 Å². The summed E-state index contributed by atoms with van der Waals surface area (Å²) in [6.45, 7) is 1.62. The maximum Gasteiger partial charge on any atom is 0.331 e. The van der Waals surface area contributed by atoms with Crippen molar-refractivity contribution in [3.05, 3.63) is 23.3 Å². The molecule has 0 fully saturated rings. The van der Waals surface area contributed by atoms with Crippen molar-refractivity contribution in [2.75, 3.05) is 0 Å². The first-order valence-electron chi connectivity index (χ1n) is 4.01. The number of carboxylic acid groups (broad SMARTS) is 2. The fourth-order valence-electron chi connectivity index (χ4n) is 1.41. The van der Waals surface area contributed by atoms with E-state index in [0.717, 1.165) is 0 Å². The molecule has 1 rings (SSSR count). The molecule has 0 aromatic carbocycles. The molecule has 5 nitrogen and oxygen atoms in total. The lowest BCUT2D eigenvalue weighted by molar-refractivity contribution is -0.141. The molecule has 5 heteroatoms. The van der Waals surface area contributed by atoms with Crippen LogP contribution < -0.4 is 5.73 Å². The maximum atomic E-state index is 10.8. The third-order valence-electron chi connectivity index (χ3n) is 2.04. The van der Waals surface area contributed by atoms with Crippen molar-refractivity contribution < 1.29 is 19.8 Å². The molecule has 0 saturated heterocycles. The van der Waals surface area contributed by atoms with E-state index in [9.17, 15) is 9.59 Å². The van der Waals surface area contributed by atoms with E-state index in [1.54, 1.807) is 6.92 Å². The van der Waals surface area contributed by atoms with Crippen LogP contribution in [0.2, 0.25) is 0 Å². The van der Waals surface area contributed by atoms with Crippen molar-refractivity contribution in [2.45, 2.75) is 18.9 Å². The number of carbonyl (C=O) groups is 2. The lowest BCUT2D eigenvalue weighted by Crippen LogP contribution is -2.48. The molecule has 14 heavy (non-hydrogen) atoms. The Morgan fingerprint density at radius 2 is 2.07 bits per heavy atom. The summed E-state index contributed by atoms with van der Waals surface area (Å²) >= 11 is 0.